The van der Waals surface area contributed by atoms with Crippen molar-refractivity contribution in [3.8, 4) is 0 Å². The molecule has 0 spiro atoms. The van der Waals surface area contributed by atoms with E-state index in [4.69, 9.17) is 4.74 Å². The van der Waals surface area contributed by atoms with Crippen molar-refractivity contribution >= 4 is 34.6 Å². The molecule has 0 fully saturated rings. The van der Waals surface area contributed by atoms with Crippen LogP contribution in [0.15, 0.2) is 30.3 Å². The van der Waals surface area contributed by atoms with Crippen molar-refractivity contribution in [1.29, 1.82) is 0 Å². The zero-order valence-corrected chi connectivity index (χ0v) is 16.6. The van der Waals surface area contributed by atoms with Crippen LogP contribution >= 0.6 is 11.3 Å². The standard InChI is InChI=1S/C20H22N2O5S/c1-3-13-8-9-17-14(10-13)11-18(28-17)20(24)27-12(2)19(23)21-15-6-4-5-7-16(15)22(25)26/h4-7,11-13H,3,8-10H2,1-2H3,(H,21,23)/t12-,13+/m1/s1. The summed E-state index contributed by atoms with van der Waals surface area (Å²) in [5.41, 5.74) is 1.05. The number of nitrogens with one attached hydrogen (secondary N) is 1. The van der Waals surface area contributed by atoms with Gasteiger partial charge in [-0.25, -0.2) is 4.79 Å². The maximum Gasteiger partial charge on any atom is 0.349 e. The Morgan fingerprint density at radius 3 is 2.86 bits per heavy atom. The summed E-state index contributed by atoms with van der Waals surface area (Å²) in [5.74, 6) is -0.509. The molecule has 2 atom stereocenters. The molecular weight excluding hydrogens is 380 g/mol. The number of esters is 1. The molecular formula is C20H22N2O5S. The van der Waals surface area contributed by atoms with Gasteiger partial charge in [0.25, 0.3) is 11.6 Å². The summed E-state index contributed by atoms with van der Waals surface area (Å²) >= 11 is 1.42. The van der Waals surface area contributed by atoms with Gasteiger partial charge in [-0.2, -0.15) is 0 Å². The van der Waals surface area contributed by atoms with Crippen molar-refractivity contribution in [3.63, 3.8) is 0 Å². The minimum Gasteiger partial charge on any atom is -0.448 e. The van der Waals surface area contributed by atoms with E-state index in [2.05, 4.69) is 12.2 Å². The summed E-state index contributed by atoms with van der Waals surface area (Å²) in [5, 5.41) is 13.5. The number of hydrogen-bond acceptors (Lipinski definition) is 6. The van der Waals surface area contributed by atoms with Crippen LogP contribution in [0.25, 0.3) is 0 Å². The molecule has 1 aliphatic carbocycles. The highest BCUT2D eigenvalue weighted by atomic mass is 32.1. The first-order valence-electron chi connectivity index (χ1n) is 9.25. The maximum absolute atomic E-state index is 12.5. The van der Waals surface area contributed by atoms with E-state index < -0.39 is 22.9 Å². The lowest BCUT2D eigenvalue weighted by Crippen LogP contribution is -2.30. The van der Waals surface area contributed by atoms with Crippen LogP contribution in [0.4, 0.5) is 11.4 Å². The largest absolute Gasteiger partial charge is 0.448 e. The second kappa shape index (κ2) is 8.52. The maximum atomic E-state index is 12.5. The number of carbonyl (C=O) groups excluding carboxylic acids is 2. The number of nitro benzene ring substituents is 1. The van der Waals surface area contributed by atoms with Crippen molar-refractivity contribution < 1.29 is 19.2 Å². The average Bonchev–Trinajstić information content (AvgIpc) is 3.11. The van der Waals surface area contributed by atoms with Crippen LogP contribution < -0.4 is 5.32 Å². The zero-order chi connectivity index (χ0) is 20.3. The molecule has 148 valence electrons. The number of nitro groups is 1. The number of rotatable bonds is 6. The molecule has 1 aliphatic rings. The number of nitrogens with zero attached hydrogens (tertiary/aromatic N) is 1. The summed E-state index contributed by atoms with van der Waals surface area (Å²) < 4.78 is 5.29. The van der Waals surface area contributed by atoms with Crippen LogP contribution in [0, 0.1) is 16.0 Å². The fraction of sp³-hybridized carbons (Fsp3) is 0.400. The van der Waals surface area contributed by atoms with Gasteiger partial charge in [-0.1, -0.05) is 25.5 Å². The molecule has 1 N–H and O–H groups in total. The Morgan fingerprint density at radius 1 is 1.39 bits per heavy atom. The molecule has 0 radical (unpaired) electrons. The fourth-order valence-electron chi connectivity index (χ4n) is 3.29. The molecule has 28 heavy (non-hydrogen) atoms. The molecule has 8 heteroatoms. The minimum atomic E-state index is -1.07. The predicted molar refractivity (Wildman–Crippen MR) is 107 cm³/mol. The van der Waals surface area contributed by atoms with Crippen LogP contribution in [0.2, 0.25) is 0 Å². The first-order chi connectivity index (χ1) is 13.4. The van der Waals surface area contributed by atoms with Crippen LogP contribution in [0.1, 0.15) is 46.8 Å². The molecule has 7 nitrogen and oxygen atoms in total. The Kier molecular flexibility index (Phi) is 6.08. The first kappa shape index (κ1) is 20.0. The van der Waals surface area contributed by atoms with Gasteiger partial charge >= 0.3 is 5.97 Å². The lowest BCUT2D eigenvalue weighted by Gasteiger charge is -2.19. The fourth-order valence-corrected chi connectivity index (χ4v) is 4.38. The topological polar surface area (TPSA) is 98.5 Å². The summed E-state index contributed by atoms with van der Waals surface area (Å²) in [6.45, 7) is 3.62. The van der Waals surface area contributed by atoms with Gasteiger partial charge in [-0.15, -0.1) is 11.3 Å². The highest BCUT2D eigenvalue weighted by Crippen LogP contribution is 2.34. The molecule has 1 aromatic carbocycles. The van der Waals surface area contributed by atoms with Gasteiger partial charge < -0.3 is 10.1 Å². The van der Waals surface area contributed by atoms with E-state index >= 15 is 0 Å². The molecule has 0 saturated carbocycles. The minimum absolute atomic E-state index is 0.0672. The number of carbonyl (C=O) groups is 2. The second-order valence-electron chi connectivity index (χ2n) is 6.89. The molecule has 0 bridgehead atoms. The van der Waals surface area contributed by atoms with E-state index in [0.29, 0.717) is 10.8 Å². The molecule has 1 aromatic heterocycles. The number of thiophene rings is 1. The lowest BCUT2D eigenvalue weighted by atomic mass is 9.87. The number of para-hydroxylation sites is 2. The summed E-state index contributed by atoms with van der Waals surface area (Å²) in [4.78, 5) is 37.0. The summed E-state index contributed by atoms with van der Waals surface area (Å²) in [6.07, 6.45) is 3.13. The smallest absolute Gasteiger partial charge is 0.349 e. The highest BCUT2D eigenvalue weighted by Gasteiger charge is 2.26. The number of ether oxygens (including phenoxy) is 1. The zero-order valence-electron chi connectivity index (χ0n) is 15.8. The second-order valence-corrected chi connectivity index (χ2v) is 8.02. The van der Waals surface area contributed by atoms with Crippen LogP contribution in [0.3, 0.4) is 0 Å². The third-order valence-corrected chi connectivity index (χ3v) is 6.19. The predicted octanol–water partition coefficient (Wildman–Crippen LogP) is 4.36. The van der Waals surface area contributed by atoms with E-state index in [1.807, 2.05) is 6.07 Å². The summed E-state index contributed by atoms with van der Waals surface area (Å²) in [7, 11) is 0. The van der Waals surface area contributed by atoms with Crippen LogP contribution in [-0.4, -0.2) is 22.9 Å². The van der Waals surface area contributed by atoms with Gasteiger partial charge in [0.15, 0.2) is 6.10 Å². The molecule has 0 unspecified atom stereocenters. The molecule has 1 heterocycles. The molecule has 1 amide bonds. The van der Waals surface area contributed by atoms with E-state index in [9.17, 15) is 19.7 Å². The van der Waals surface area contributed by atoms with Crippen molar-refractivity contribution in [2.75, 3.05) is 5.32 Å². The van der Waals surface area contributed by atoms with Crippen molar-refractivity contribution in [1.82, 2.24) is 0 Å². The summed E-state index contributed by atoms with van der Waals surface area (Å²) in [6, 6.07) is 7.70. The number of amides is 1. The normalized spacial score (nSPS) is 16.7. The molecule has 0 saturated heterocycles. The number of aryl methyl sites for hydroxylation is 1. The average molecular weight is 402 g/mol. The Hall–Kier alpha value is -2.74. The third kappa shape index (κ3) is 4.39. The third-order valence-electron chi connectivity index (χ3n) is 4.98. The van der Waals surface area contributed by atoms with Crippen LogP contribution in [-0.2, 0) is 22.4 Å². The molecule has 3 rings (SSSR count). The van der Waals surface area contributed by atoms with Crippen LogP contribution in [0.5, 0.6) is 0 Å². The highest BCUT2D eigenvalue weighted by molar-refractivity contribution is 7.14. The number of fused-ring (bicyclic) bond motifs is 1. The van der Waals surface area contributed by atoms with Crippen molar-refractivity contribution in [3.05, 3.63) is 55.8 Å². The van der Waals surface area contributed by atoms with E-state index in [-0.39, 0.29) is 11.4 Å². The Labute approximate surface area is 166 Å². The number of anilines is 1. The number of hydrogen-bond donors (Lipinski definition) is 1. The SMILES string of the molecule is CC[C@H]1CCc2sc(C(=O)O[C@H](C)C(=O)Nc3ccccc3[N+](=O)[O-])cc2C1. The van der Waals surface area contributed by atoms with E-state index in [1.54, 1.807) is 6.07 Å². The van der Waals surface area contributed by atoms with Gasteiger partial charge in [0.05, 0.1) is 4.92 Å². The number of benzene rings is 1. The first-order valence-corrected chi connectivity index (χ1v) is 10.1. The van der Waals surface area contributed by atoms with E-state index in [0.717, 1.165) is 25.7 Å². The molecule has 0 aliphatic heterocycles. The lowest BCUT2D eigenvalue weighted by molar-refractivity contribution is -0.383. The van der Waals surface area contributed by atoms with Crippen molar-refractivity contribution in [2.24, 2.45) is 5.92 Å². The van der Waals surface area contributed by atoms with Gasteiger partial charge in [0.2, 0.25) is 0 Å². The van der Waals surface area contributed by atoms with Gasteiger partial charge in [-0.3, -0.25) is 14.9 Å². The van der Waals surface area contributed by atoms with Gasteiger partial charge in [0.1, 0.15) is 10.6 Å². The van der Waals surface area contributed by atoms with Crippen molar-refractivity contribution in [2.45, 2.75) is 45.6 Å². The van der Waals surface area contributed by atoms with Gasteiger partial charge in [0, 0.05) is 10.9 Å². The Balaban J connectivity index is 1.64. The Bertz CT molecular complexity index is 908. The van der Waals surface area contributed by atoms with Gasteiger partial charge in [-0.05, 0) is 49.8 Å². The monoisotopic (exact) mass is 402 g/mol. The van der Waals surface area contributed by atoms with E-state index in [1.165, 1.54) is 46.9 Å². The Morgan fingerprint density at radius 2 is 2.14 bits per heavy atom. The quantitative estimate of drug-likeness (QED) is 0.440. The molecule has 2 aromatic rings.